The highest BCUT2D eigenvalue weighted by Crippen LogP contribution is 2.28. The topological polar surface area (TPSA) is 86.8 Å². The standard InChI is InChI=1S/C32H41N3O4S/c1-22-9-14-27(15-10-22)20-34(26(5)31(37)33-32(6,7)8)30(36)21-35(29-18-13-24(3)19-25(29)4)40(38,39)28-16-11-23(2)12-17-28/h9-19,26H,20-21H2,1-8H3,(H,33,37)/t26-/m1/s1. The molecule has 0 aliphatic carbocycles. The van der Waals surface area contributed by atoms with Crippen molar-refractivity contribution in [2.75, 3.05) is 10.8 Å². The van der Waals surface area contributed by atoms with Crippen molar-refractivity contribution in [3.05, 3.63) is 94.5 Å². The van der Waals surface area contributed by atoms with Crippen molar-refractivity contribution < 1.29 is 18.0 Å². The molecule has 0 aliphatic heterocycles. The van der Waals surface area contributed by atoms with Crippen LogP contribution >= 0.6 is 0 Å². The van der Waals surface area contributed by atoms with Crippen molar-refractivity contribution in [2.45, 2.75) is 78.4 Å². The van der Waals surface area contributed by atoms with Crippen LogP contribution < -0.4 is 9.62 Å². The number of hydrogen-bond acceptors (Lipinski definition) is 4. The molecular weight excluding hydrogens is 522 g/mol. The first-order valence-corrected chi connectivity index (χ1v) is 14.9. The second-order valence-electron chi connectivity index (χ2n) is 11.5. The number of hydrogen-bond donors (Lipinski definition) is 1. The van der Waals surface area contributed by atoms with E-state index in [1.165, 1.54) is 4.90 Å². The number of amides is 2. The third-order valence-electron chi connectivity index (χ3n) is 6.65. The Kier molecular flexibility index (Phi) is 9.46. The van der Waals surface area contributed by atoms with Gasteiger partial charge in [-0.3, -0.25) is 13.9 Å². The normalized spacial score (nSPS) is 12.5. The molecule has 0 saturated carbocycles. The summed E-state index contributed by atoms with van der Waals surface area (Å²) in [5.41, 5.74) is 4.47. The van der Waals surface area contributed by atoms with Gasteiger partial charge >= 0.3 is 0 Å². The van der Waals surface area contributed by atoms with E-state index in [4.69, 9.17) is 0 Å². The number of anilines is 1. The Labute approximate surface area is 239 Å². The number of carbonyl (C=O) groups excluding carboxylic acids is 2. The summed E-state index contributed by atoms with van der Waals surface area (Å²) >= 11 is 0. The summed E-state index contributed by atoms with van der Waals surface area (Å²) in [5, 5.41) is 2.95. The van der Waals surface area contributed by atoms with E-state index >= 15 is 0 Å². The van der Waals surface area contributed by atoms with E-state index < -0.39 is 34.1 Å². The summed E-state index contributed by atoms with van der Waals surface area (Å²) in [5.74, 6) is -0.791. The molecule has 7 nitrogen and oxygen atoms in total. The summed E-state index contributed by atoms with van der Waals surface area (Å²) in [6, 6.07) is 18.9. The van der Waals surface area contributed by atoms with Gasteiger partial charge in [-0.05, 0) is 84.7 Å². The van der Waals surface area contributed by atoms with Crippen LogP contribution in [0.4, 0.5) is 5.69 Å². The molecule has 3 rings (SSSR count). The fraction of sp³-hybridized carbons (Fsp3) is 0.375. The number of benzene rings is 3. The minimum Gasteiger partial charge on any atom is -0.350 e. The molecule has 0 saturated heterocycles. The summed E-state index contributed by atoms with van der Waals surface area (Å²) in [7, 11) is -4.10. The largest absolute Gasteiger partial charge is 0.350 e. The Morgan fingerprint density at radius 2 is 1.35 bits per heavy atom. The first-order valence-electron chi connectivity index (χ1n) is 13.4. The van der Waals surface area contributed by atoms with Crippen LogP contribution in [0.3, 0.4) is 0 Å². The number of rotatable bonds is 9. The smallest absolute Gasteiger partial charge is 0.264 e. The summed E-state index contributed by atoms with van der Waals surface area (Å²) < 4.78 is 29.2. The third-order valence-corrected chi connectivity index (χ3v) is 8.42. The fourth-order valence-electron chi connectivity index (χ4n) is 4.38. The molecular formula is C32H41N3O4S. The molecule has 2 amide bonds. The summed E-state index contributed by atoms with van der Waals surface area (Å²) in [6.07, 6.45) is 0. The van der Waals surface area contributed by atoms with Gasteiger partial charge in [-0.25, -0.2) is 8.42 Å². The molecule has 3 aromatic carbocycles. The summed E-state index contributed by atoms with van der Waals surface area (Å²) in [4.78, 5) is 28.8. The number of carbonyl (C=O) groups is 2. The maximum atomic E-state index is 14.1. The monoisotopic (exact) mass is 563 g/mol. The Morgan fingerprint density at radius 3 is 1.88 bits per heavy atom. The van der Waals surface area contributed by atoms with Gasteiger partial charge < -0.3 is 10.2 Å². The maximum Gasteiger partial charge on any atom is 0.264 e. The molecule has 3 aromatic rings. The first kappa shape index (κ1) is 30.9. The van der Waals surface area contributed by atoms with Crippen LogP contribution in [0.1, 0.15) is 55.5 Å². The molecule has 0 fully saturated rings. The predicted molar refractivity (Wildman–Crippen MR) is 161 cm³/mol. The predicted octanol–water partition coefficient (Wildman–Crippen LogP) is 5.45. The average Bonchev–Trinajstić information content (AvgIpc) is 2.86. The third kappa shape index (κ3) is 7.72. The first-order chi connectivity index (χ1) is 18.6. The molecule has 40 heavy (non-hydrogen) atoms. The molecule has 1 N–H and O–H groups in total. The quantitative estimate of drug-likeness (QED) is 0.375. The molecule has 0 radical (unpaired) electrons. The molecule has 0 aliphatic rings. The van der Waals surface area contributed by atoms with Gasteiger partial charge in [0.05, 0.1) is 10.6 Å². The SMILES string of the molecule is Cc1ccc(CN(C(=O)CN(c2ccc(C)cc2C)S(=O)(=O)c2ccc(C)cc2)[C@H](C)C(=O)NC(C)(C)C)cc1. The van der Waals surface area contributed by atoms with Crippen LogP contribution in [0.25, 0.3) is 0 Å². The van der Waals surface area contributed by atoms with Crippen LogP contribution in [0, 0.1) is 27.7 Å². The van der Waals surface area contributed by atoms with Gasteiger partial charge in [0.1, 0.15) is 12.6 Å². The second kappa shape index (κ2) is 12.3. The zero-order valence-electron chi connectivity index (χ0n) is 24.8. The zero-order valence-corrected chi connectivity index (χ0v) is 25.6. The van der Waals surface area contributed by atoms with Gasteiger partial charge in [-0.15, -0.1) is 0 Å². The zero-order chi connectivity index (χ0) is 29.8. The number of nitrogens with zero attached hydrogens (tertiary/aromatic N) is 2. The van der Waals surface area contributed by atoms with E-state index in [1.807, 2.05) is 84.9 Å². The van der Waals surface area contributed by atoms with Crippen molar-refractivity contribution in [2.24, 2.45) is 0 Å². The van der Waals surface area contributed by atoms with Crippen molar-refractivity contribution in [1.29, 1.82) is 0 Å². The van der Waals surface area contributed by atoms with Gasteiger partial charge in [-0.1, -0.05) is 65.2 Å². The highest BCUT2D eigenvalue weighted by molar-refractivity contribution is 7.92. The molecule has 0 unspecified atom stereocenters. The molecule has 0 spiro atoms. The Morgan fingerprint density at radius 1 is 0.825 bits per heavy atom. The molecule has 0 aromatic heterocycles. The fourth-order valence-corrected chi connectivity index (χ4v) is 5.86. The Bertz CT molecular complexity index is 1460. The van der Waals surface area contributed by atoms with E-state index in [9.17, 15) is 18.0 Å². The molecule has 8 heteroatoms. The van der Waals surface area contributed by atoms with E-state index in [0.29, 0.717) is 5.69 Å². The lowest BCUT2D eigenvalue weighted by atomic mass is 10.1. The van der Waals surface area contributed by atoms with Gasteiger partial charge in [0.25, 0.3) is 10.0 Å². The van der Waals surface area contributed by atoms with Crippen LogP contribution in [0.15, 0.2) is 71.6 Å². The minimum absolute atomic E-state index is 0.0921. The lowest BCUT2D eigenvalue weighted by molar-refractivity contribution is -0.140. The molecule has 0 heterocycles. The van der Waals surface area contributed by atoms with E-state index in [-0.39, 0.29) is 17.3 Å². The lowest BCUT2D eigenvalue weighted by Crippen LogP contribution is -2.54. The molecule has 0 bridgehead atoms. The lowest BCUT2D eigenvalue weighted by Gasteiger charge is -2.34. The summed E-state index contributed by atoms with van der Waals surface area (Å²) in [6.45, 7) is 14.6. The van der Waals surface area contributed by atoms with Gasteiger partial charge in [0.15, 0.2) is 0 Å². The minimum atomic E-state index is -4.10. The Hall–Kier alpha value is -3.65. The number of nitrogens with one attached hydrogen (secondary N) is 1. The van der Waals surface area contributed by atoms with E-state index in [2.05, 4.69) is 5.32 Å². The van der Waals surface area contributed by atoms with Gasteiger partial charge in [0.2, 0.25) is 11.8 Å². The maximum absolute atomic E-state index is 14.1. The van der Waals surface area contributed by atoms with Gasteiger partial charge in [0, 0.05) is 12.1 Å². The van der Waals surface area contributed by atoms with Crippen molar-refractivity contribution in [1.82, 2.24) is 10.2 Å². The highest BCUT2D eigenvalue weighted by atomic mass is 32.2. The van der Waals surface area contributed by atoms with Crippen LogP contribution in [-0.4, -0.2) is 43.3 Å². The molecule has 214 valence electrons. The van der Waals surface area contributed by atoms with Crippen molar-refractivity contribution in [3.8, 4) is 0 Å². The van der Waals surface area contributed by atoms with Crippen molar-refractivity contribution in [3.63, 3.8) is 0 Å². The second-order valence-corrected chi connectivity index (χ2v) is 13.4. The molecule has 1 atom stereocenters. The average molecular weight is 564 g/mol. The van der Waals surface area contributed by atoms with E-state index in [1.54, 1.807) is 37.3 Å². The number of sulfonamides is 1. The van der Waals surface area contributed by atoms with Crippen LogP contribution in [0.2, 0.25) is 0 Å². The van der Waals surface area contributed by atoms with Crippen LogP contribution in [-0.2, 0) is 26.2 Å². The Balaban J connectivity index is 2.07. The van der Waals surface area contributed by atoms with Crippen molar-refractivity contribution >= 4 is 27.5 Å². The van der Waals surface area contributed by atoms with Gasteiger partial charge in [-0.2, -0.15) is 0 Å². The highest BCUT2D eigenvalue weighted by Gasteiger charge is 2.33. The number of aryl methyl sites for hydroxylation is 4. The van der Waals surface area contributed by atoms with Crippen LogP contribution in [0.5, 0.6) is 0 Å². The van der Waals surface area contributed by atoms with E-state index in [0.717, 1.165) is 32.1 Å².